The number of carbonyl (C=O) groups is 1. The molecule has 5 aromatic rings. The molecule has 0 bridgehead atoms. The first-order valence-electron chi connectivity index (χ1n) is 18.2. The van der Waals surface area contributed by atoms with Crippen molar-refractivity contribution in [3.8, 4) is 22.6 Å². The summed E-state index contributed by atoms with van der Waals surface area (Å²) in [7, 11) is 0. The molecule has 2 aromatic carbocycles. The number of ketones is 1. The quantitative estimate of drug-likeness (QED) is 0.0808. The van der Waals surface area contributed by atoms with E-state index in [-0.39, 0.29) is 47.9 Å². The average molecular weight is 867 g/mol. The third-order valence-electron chi connectivity index (χ3n) is 10.5. The fourth-order valence-electron chi connectivity index (χ4n) is 6.07. The molecule has 0 amide bonds. The molecule has 0 spiro atoms. The Balaban J connectivity index is 0.000000335. The predicted molar refractivity (Wildman–Crippen MR) is 207 cm³/mol. The fraction of sp³-hybridized carbons (Fsp3) is 0.455. The fourth-order valence-corrected chi connectivity index (χ4v) is 6.07. The van der Waals surface area contributed by atoms with Crippen molar-refractivity contribution in [3.05, 3.63) is 90.1 Å². The standard InChI is InChI=1S/C29H28N3O.C15H28O2.Ir/c1-18(2)12-20-15-27(32-28-23(20)10-11-33-28)26-16-25(30-17-31-26)21-13-19-8-6-7-9-22(19)24(14-21)29(3,4)5;1-7-14(5,8-2)12(16)11-13(17)15(6,9-3)10-4;/h6-11,14-18H,12H2,1-5H3;11,16H,7-10H2,1-6H3;/q-1;;/b;12-11-;. The maximum Gasteiger partial charge on any atom is 0.226 e. The van der Waals surface area contributed by atoms with E-state index in [1.807, 2.05) is 53.7 Å². The predicted octanol–water partition coefficient (Wildman–Crippen LogP) is 12.0. The largest absolute Gasteiger partial charge is 0.512 e. The number of benzene rings is 2. The molecule has 3 heterocycles. The Morgan fingerprint density at radius 2 is 1.47 bits per heavy atom. The van der Waals surface area contributed by atoms with Gasteiger partial charge in [-0.05, 0) is 67.2 Å². The zero-order valence-corrected chi connectivity index (χ0v) is 34.8. The first-order valence-corrected chi connectivity index (χ1v) is 18.2. The second-order valence-electron chi connectivity index (χ2n) is 15.5. The number of allylic oxidation sites excluding steroid dienone is 2. The maximum atomic E-state index is 12.2. The van der Waals surface area contributed by atoms with E-state index in [2.05, 4.69) is 87.1 Å². The second-order valence-corrected chi connectivity index (χ2v) is 15.5. The van der Waals surface area contributed by atoms with Crippen LogP contribution >= 0.6 is 0 Å². The number of aromatic nitrogens is 3. The average Bonchev–Trinajstić information content (AvgIpc) is 3.59. The summed E-state index contributed by atoms with van der Waals surface area (Å²) in [5.41, 5.74) is 5.93. The van der Waals surface area contributed by atoms with Crippen LogP contribution in [0.4, 0.5) is 0 Å². The summed E-state index contributed by atoms with van der Waals surface area (Å²) in [5.74, 6) is 0.816. The maximum absolute atomic E-state index is 12.2. The van der Waals surface area contributed by atoms with Crippen molar-refractivity contribution in [1.29, 1.82) is 0 Å². The van der Waals surface area contributed by atoms with Crippen molar-refractivity contribution in [1.82, 2.24) is 15.0 Å². The summed E-state index contributed by atoms with van der Waals surface area (Å²) in [4.78, 5) is 26.1. The van der Waals surface area contributed by atoms with Crippen LogP contribution in [0.1, 0.15) is 113 Å². The van der Waals surface area contributed by atoms with E-state index >= 15 is 0 Å². The molecule has 51 heavy (non-hydrogen) atoms. The summed E-state index contributed by atoms with van der Waals surface area (Å²) >= 11 is 0. The number of aliphatic hydroxyl groups excluding tert-OH is 1. The van der Waals surface area contributed by atoms with Gasteiger partial charge in [0, 0.05) is 48.1 Å². The van der Waals surface area contributed by atoms with Crippen molar-refractivity contribution in [2.24, 2.45) is 16.7 Å². The van der Waals surface area contributed by atoms with Gasteiger partial charge in [0.25, 0.3) is 0 Å². The molecular formula is C44H56IrN3O3-. The van der Waals surface area contributed by atoms with Gasteiger partial charge in [-0.1, -0.05) is 105 Å². The molecule has 1 radical (unpaired) electrons. The van der Waals surface area contributed by atoms with Gasteiger partial charge in [-0.2, -0.15) is 0 Å². The van der Waals surface area contributed by atoms with Gasteiger partial charge in [0.1, 0.15) is 12.1 Å². The monoisotopic (exact) mass is 867 g/mol. The molecule has 0 saturated heterocycles. The molecule has 7 heteroatoms. The number of fused-ring (bicyclic) bond motifs is 2. The van der Waals surface area contributed by atoms with Gasteiger partial charge in [-0.3, -0.25) is 9.78 Å². The van der Waals surface area contributed by atoms with E-state index in [1.165, 1.54) is 22.6 Å². The first kappa shape index (κ1) is 41.7. The van der Waals surface area contributed by atoms with Gasteiger partial charge >= 0.3 is 0 Å². The van der Waals surface area contributed by atoms with E-state index in [0.717, 1.165) is 65.5 Å². The Labute approximate surface area is 319 Å². The van der Waals surface area contributed by atoms with Gasteiger partial charge in [0.2, 0.25) is 5.71 Å². The van der Waals surface area contributed by atoms with Crippen LogP contribution < -0.4 is 0 Å². The Morgan fingerprint density at radius 3 is 2.08 bits per heavy atom. The molecule has 275 valence electrons. The van der Waals surface area contributed by atoms with Gasteiger partial charge < -0.3 is 9.52 Å². The molecular weight excluding hydrogens is 811 g/mol. The minimum Gasteiger partial charge on any atom is -0.512 e. The normalized spacial score (nSPS) is 12.5. The summed E-state index contributed by atoms with van der Waals surface area (Å²) < 4.78 is 5.66. The van der Waals surface area contributed by atoms with E-state index in [0.29, 0.717) is 11.6 Å². The molecule has 0 aliphatic heterocycles. The summed E-state index contributed by atoms with van der Waals surface area (Å²) in [6.07, 6.45) is 9.02. The number of carbonyl (C=O) groups excluding carboxylic acids is 1. The molecule has 0 saturated carbocycles. The third-order valence-corrected chi connectivity index (χ3v) is 10.5. The van der Waals surface area contributed by atoms with Crippen LogP contribution in [0.25, 0.3) is 44.5 Å². The van der Waals surface area contributed by atoms with E-state index in [9.17, 15) is 9.90 Å². The Hall–Kier alpha value is -3.67. The number of hydrogen-bond acceptors (Lipinski definition) is 6. The Morgan fingerprint density at radius 1 is 0.843 bits per heavy atom. The zero-order chi connectivity index (χ0) is 36.9. The number of hydrogen-bond donors (Lipinski definition) is 1. The minimum atomic E-state index is -0.337. The van der Waals surface area contributed by atoms with Gasteiger partial charge in [0.05, 0.1) is 17.7 Å². The summed E-state index contributed by atoms with van der Waals surface area (Å²) in [5, 5.41) is 13.5. The third kappa shape index (κ3) is 9.61. The number of nitrogens with zero attached hydrogens (tertiary/aromatic N) is 3. The van der Waals surface area contributed by atoms with Crippen molar-refractivity contribution in [3.63, 3.8) is 0 Å². The molecule has 6 nitrogen and oxygen atoms in total. The van der Waals surface area contributed by atoms with E-state index < -0.39 is 0 Å². The van der Waals surface area contributed by atoms with Crippen LogP contribution in [0.5, 0.6) is 0 Å². The zero-order valence-electron chi connectivity index (χ0n) is 32.4. The van der Waals surface area contributed by atoms with Gasteiger partial charge in [0.15, 0.2) is 5.78 Å². The Kier molecular flexibility index (Phi) is 14.1. The summed E-state index contributed by atoms with van der Waals surface area (Å²) in [6.45, 7) is 23.2. The van der Waals surface area contributed by atoms with Gasteiger partial charge in [-0.15, -0.1) is 29.1 Å². The van der Waals surface area contributed by atoms with Crippen LogP contribution in [0, 0.1) is 22.8 Å². The van der Waals surface area contributed by atoms with Crippen molar-refractivity contribution >= 4 is 27.7 Å². The smallest absolute Gasteiger partial charge is 0.226 e. The van der Waals surface area contributed by atoms with Crippen LogP contribution in [0.3, 0.4) is 0 Å². The second kappa shape index (κ2) is 17.2. The van der Waals surface area contributed by atoms with Crippen molar-refractivity contribution < 1.29 is 34.4 Å². The number of rotatable bonds is 11. The number of aliphatic hydroxyl groups is 1. The molecule has 1 N–H and O–H groups in total. The minimum absolute atomic E-state index is 0. The number of pyridine rings is 1. The molecule has 3 aromatic heterocycles. The Bertz CT molecular complexity index is 1960. The molecule has 5 rings (SSSR count). The first-order chi connectivity index (χ1) is 23.6. The molecule has 0 unspecified atom stereocenters. The SMILES string of the molecule is CC(C)Cc1cc(-c2cc(-c3[c-]c4ccccc4c(C(C)(C)C)c3)ncn2)nc2occc12.CCC(C)(CC)C(=O)/C=C(\O)C(C)(CC)CC.[Ir]. The molecule has 0 aliphatic carbocycles. The van der Waals surface area contributed by atoms with E-state index in [4.69, 9.17) is 9.40 Å². The molecule has 0 atom stereocenters. The molecule has 0 aliphatic rings. The van der Waals surface area contributed by atoms with Crippen LogP contribution in [-0.4, -0.2) is 25.8 Å². The molecule has 0 fully saturated rings. The van der Waals surface area contributed by atoms with Crippen molar-refractivity contribution in [2.45, 2.75) is 114 Å². The van der Waals surface area contributed by atoms with Gasteiger partial charge in [-0.25, -0.2) is 9.97 Å². The van der Waals surface area contributed by atoms with E-state index in [1.54, 1.807) is 12.6 Å². The van der Waals surface area contributed by atoms with Crippen LogP contribution in [0.15, 0.2) is 77.4 Å². The number of furan rings is 1. The topological polar surface area (TPSA) is 89.1 Å². The summed E-state index contributed by atoms with van der Waals surface area (Å²) in [6, 6.07) is 20.3. The van der Waals surface area contributed by atoms with Crippen molar-refractivity contribution in [2.75, 3.05) is 0 Å². The van der Waals surface area contributed by atoms with Crippen LogP contribution in [-0.2, 0) is 36.7 Å². The van der Waals surface area contributed by atoms with Crippen LogP contribution in [0.2, 0.25) is 0 Å².